The summed E-state index contributed by atoms with van der Waals surface area (Å²) in [5.74, 6) is -4.41. The topological polar surface area (TPSA) is 29.1 Å². The third-order valence-corrected chi connectivity index (χ3v) is 1.69. The van der Waals surface area contributed by atoms with Gasteiger partial charge in [0.05, 0.1) is 0 Å². The second kappa shape index (κ2) is 4.46. The quantitative estimate of drug-likeness (QED) is 0.787. The molecule has 1 aromatic rings. The van der Waals surface area contributed by atoms with Crippen molar-refractivity contribution in [2.24, 2.45) is 0 Å². The largest absolute Gasteiger partial charge is 0.471 e. The Bertz CT molecular complexity index is 401. The first-order valence-electron chi connectivity index (χ1n) is 4.09. The molecule has 1 aromatic carbocycles. The lowest BCUT2D eigenvalue weighted by Gasteiger charge is -2.07. The summed E-state index contributed by atoms with van der Waals surface area (Å²) < 4.78 is 60.3. The minimum absolute atomic E-state index is 0.0384. The van der Waals surface area contributed by atoms with Crippen LogP contribution in [0.2, 0.25) is 0 Å². The molecule has 2 nitrogen and oxygen atoms in total. The van der Waals surface area contributed by atoms with Gasteiger partial charge in [-0.1, -0.05) is 6.07 Å². The molecule has 0 aliphatic heterocycles. The van der Waals surface area contributed by atoms with Gasteiger partial charge in [-0.3, -0.25) is 4.79 Å². The molecule has 0 aliphatic carbocycles. The third kappa shape index (κ3) is 3.18. The summed E-state index contributed by atoms with van der Waals surface area (Å²) in [5.41, 5.74) is 0.0384. The Hall–Kier alpha value is -1.66. The predicted molar refractivity (Wildman–Crippen MR) is 44.3 cm³/mol. The second-order valence-corrected chi connectivity index (χ2v) is 2.93. The van der Waals surface area contributed by atoms with E-state index in [0.29, 0.717) is 6.07 Å². The number of benzene rings is 1. The average molecular weight is 239 g/mol. The molecule has 0 heterocycles. The highest BCUT2D eigenvalue weighted by Crippen LogP contribution is 2.15. The predicted octanol–water partition coefficient (Wildman–Crippen LogP) is 2.14. The van der Waals surface area contributed by atoms with Crippen LogP contribution in [0.1, 0.15) is 5.56 Å². The van der Waals surface area contributed by atoms with E-state index in [1.165, 1.54) is 5.32 Å². The van der Waals surface area contributed by atoms with Crippen molar-refractivity contribution in [1.29, 1.82) is 0 Å². The second-order valence-electron chi connectivity index (χ2n) is 2.93. The van der Waals surface area contributed by atoms with Crippen LogP contribution >= 0.6 is 0 Å². The van der Waals surface area contributed by atoms with Gasteiger partial charge < -0.3 is 5.32 Å². The Morgan fingerprint density at radius 1 is 1.19 bits per heavy atom. The number of halogens is 5. The molecule has 0 aromatic heterocycles. The van der Waals surface area contributed by atoms with Crippen LogP contribution in [0, 0.1) is 11.6 Å². The summed E-state index contributed by atoms with van der Waals surface area (Å²) in [6, 6.07) is 2.56. The van der Waals surface area contributed by atoms with E-state index < -0.39 is 30.3 Å². The highest BCUT2D eigenvalue weighted by Gasteiger charge is 2.38. The Kier molecular flexibility index (Phi) is 3.46. The Morgan fingerprint density at radius 2 is 1.81 bits per heavy atom. The van der Waals surface area contributed by atoms with E-state index in [4.69, 9.17) is 0 Å². The molecule has 0 bridgehead atoms. The van der Waals surface area contributed by atoms with E-state index in [-0.39, 0.29) is 5.56 Å². The number of alkyl halides is 3. The lowest BCUT2D eigenvalue weighted by molar-refractivity contribution is -0.173. The van der Waals surface area contributed by atoms with Gasteiger partial charge >= 0.3 is 12.1 Å². The molecule has 16 heavy (non-hydrogen) atoms. The Morgan fingerprint density at radius 3 is 2.31 bits per heavy atom. The first-order chi connectivity index (χ1) is 7.30. The summed E-state index contributed by atoms with van der Waals surface area (Å²) in [7, 11) is 0. The van der Waals surface area contributed by atoms with Crippen LogP contribution in [0.3, 0.4) is 0 Å². The fraction of sp³-hybridized carbons (Fsp3) is 0.222. The number of hydrogen-bond acceptors (Lipinski definition) is 1. The first kappa shape index (κ1) is 12.4. The molecule has 0 radical (unpaired) electrons. The van der Waals surface area contributed by atoms with Crippen LogP contribution in [-0.2, 0) is 11.3 Å². The van der Waals surface area contributed by atoms with Gasteiger partial charge in [0.25, 0.3) is 0 Å². The molecule has 0 saturated heterocycles. The molecule has 88 valence electrons. The maximum Gasteiger partial charge on any atom is 0.471 e. The maximum absolute atomic E-state index is 12.6. The lowest BCUT2D eigenvalue weighted by Crippen LogP contribution is -2.36. The normalized spacial score (nSPS) is 11.3. The van der Waals surface area contributed by atoms with E-state index in [0.717, 1.165) is 12.1 Å². The zero-order valence-electron chi connectivity index (χ0n) is 7.74. The molecule has 1 amide bonds. The number of hydrogen-bond donors (Lipinski definition) is 1. The van der Waals surface area contributed by atoms with Crippen LogP contribution < -0.4 is 5.32 Å². The molecule has 1 rings (SSSR count). The molecular weight excluding hydrogens is 233 g/mol. The highest BCUT2D eigenvalue weighted by atomic mass is 19.4. The molecule has 0 aliphatic rings. The van der Waals surface area contributed by atoms with Crippen LogP contribution in [-0.4, -0.2) is 12.1 Å². The maximum atomic E-state index is 12.6. The molecule has 0 fully saturated rings. The minimum atomic E-state index is -4.99. The molecule has 0 saturated carbocycles. The summed E-state index contributed by atoms with van der Waals surface area (Å²) in [6.45, 7) is -0.518. The fourth-order valence-electron chi connectivity index (χ4n) is 0.932. The van der Waals surface area contributed by atoms with Crippen LogP contribution in [0.15, 0.2) is 18.2 Å². The van der Waals surface area contributed by atoms with Crippen molar-refractivity contribution in [2.45, 2.75) is 12.7 Å². The van der Waals surface area contributed by atoms with Gasteiger partial charge in [0.1, 0.15) is 0 Å². The van der Waals surface area contributed by atoms with Crippen molar-refractivity contribution < 1.29 is 26.7 Å². The van der Waals surface area contributed by atoms with Crippen LogP contribution in [0.5, 0.6) is 0 Å². The average Bonchev–Trinajstić information content (AvgIpc) is 2.18. The SMILES string of the molecule is O=C(NCc1ccc(F)c(F)c1)C(F)(F)F. The van der Waals surface area contributed by atoms with E-state index in [1.54, 1.807) is 0 Å². The lowest BCUT2D eigenvalue weighted by atomic mass is 10.2. The van der Waals surface area contributed by atoms with E-state index in [9.17, 15) is 26.7 Å². The summed E-state index contributed by atoms with van der Waals surface area (Å²) >= 11 is 0. The minimum Gasteiger partial charge on any atom is -0.344 e. The van der Waals surface area contributed by atoms with Crippen LogP contribution in [0.4, 0.5) is 22.0 Å². The first-order valence-corrected chi connectivity index (χ1v) is 4.09. The van der Waals surface area contributed by atoms with Gasteiger partial charge in [-0.25, -0.2) is 8.78 Å². The molecule has 1 N–H and O–H groups in total. The zero-order valence-corrected chi connectivity index (χ0v) is 7.74. The zero-order chi connectivity index (χ0) is 12.3. The van der Waals surface area contributed by atoms with Crippen molar-refractivity contribution >= 4 is 5.91 Å². The van der Waals surface area contributed by atoms with Gasteiger partial charge in [0.2, 0.25) is 0 Å². The fourth-order valence-corrected chi connectivity index (χ4v) is 0.932. The molecule has 0 spiro atoms. The third-order valence-electron chi connectivity index (χ3n) is 1.69. The summed E-state index contributed by atoms with van der Waals surface area (Å²) in [6.07, 6.45) is -4.99. The summed E-state index contributed by atoms with van der Waals surface area (Å²) in [4.78, 5) is 10.4. The van der Waals surface area contributed by atoms with Crippen molar-refractivity contribution in [2.75, 3.05) is 0 Å². The molecule has 7 heteroatoms. The highest BCUT2D eigenvalue weighted by molar-refractivity contribution is 5.81. The summed E-state index contributed by atoms with van der Waals surface area (Å²) in [5, 5.41) is 1.53. The van der Waals surface area contributed by atoms with Crippen LogP contribution in [0.25, 0.3) is 0 Å². The van der Waals surface area contributed by atoms with Gasteiger partial charge in [0, 0.05) is 6.54 Å². The smallest absolute Gasteiger partial charge is 0.344 e. The van der Waals surface area contributed by atoms with Crippen molar-refractivity contribution in [3.05, 3.63) is 35.4 Å². The molecule has 0 unspecified atom stereocenters. The Balaban J connectivity index is 2.62. The number of nitrogens with one attached hydrogen (secondary N) is 1. The number of amides is 1. The standard InChI is InChI=1S/C9H6F5NO/c10-6-2-1-5(3-7(6)11)4-15-8(16)9(12,13)14/h1-3H,4H2,(H,15,16). The van der Waals surface area contributed by atoms with E-state index >= 15 is 0 Å². The van der Waals surface area contributed by atoms with E-state index in [1.807, 2.05) is 0 Å². The van der Waals surface area contributed by atoms with Gasteiger partial charge in [0.15, 0.2) is 11.6 Å². The number of rotatable bonds is 2. The van der Waals surface area contributed by atoms with Crippen molar-refractivity contribution in [3.8, 4) is 0 Å². The van der Waals surface area contributed by atoms with Crippen molar-refractivity contribution in [1.82, 2.24) is 5.32 Å². The van der Waals surface area contributed by atoms with Gasteiger partial charge in [-0.2, -0.15) is 13.2 Å². The van der Waals surface area contributed by atoms with E-state index in [2.05, 4.69) is 0 Å². The number of carbonyl (C=O) groups excluding carboxylic acids is 1. The Labute approximate surface area is 87.1 Å². The molecular formula is C9H6F5NO. The monoisotopic (exact) mass is 239 g/mol. The van der Waals surface area contributed by atoms with Gasteiger partial charge in [-0.15, -0.1) is 0 Å². The molecule has 0 atom stereocenters. The van der Waals surface area contributed by atoms with Crippen molar-refractivity contribution in [3.63, 3.8) is 0 Å². The number of carbonyl (C=O) groups is 1. The van der Waals surface area contributed by atoms with Gasteiger partial charge in [-0.05, 0) is 17.7 Å².